The molecule has 2 heterocycles. The van der Waals surface area contributed by atoms with E-state index in [2.05, 4.69) is 10.3 Å². The molecule has 2 aromatic rings. The Morgan fingerprint density at radius 2 is 2.00 bits per heavy atom. The number of anilines is 2. The molecule has 0 bridgehead atoms. The third kappa shape index (κ3) is 4.82. The smallest absolute Gasteiger partial charge is 0.363 e. The van der Waals surface area contributed by atoms with E-state index in [4.69, 9.17) is 0 Å². The van der Waals surface area contributed by atoms with Gasteiger partial charge in [0.1, 0.15) is 5.69 Å². The van der Waals surface area contributed by atoms with Crippen molar-refractivity contribution < 1.29 is 22.9 Å². The summed E-state index contributed by atoms with van der Waals surface area (Å²) in [7, 11) is 0. The fraction of sp³-hybridized carbons (Fsp3) is 0.412. The van der Waals surface area contributed by atoms with Crippen LogP contribution in [0.15, 0.2) is 29.8 Å². The molecule has 1 amide bonds. The summed E-state index contributed by atoms with van der Waals surface area (Å²) < 4.78 is 38.6. The Hall–Kier alpha value is -2.73. The van der Waals surface area contributed by atoms with Crippen molar-refractivity contribution in [1.82, 2.24) is 9.88 Å². The number of carbonyl (C=O) groups excluding carboxylic acids is 1. The molecule has 8 nitrogen and oxygen atoms in total. The van der Waals surface area contributed by atoms with E-state index in [9.17, 15) is 28.1 Å². The molecule has 156 valence electrons. The first-order valence-electron chi connectivity index (χ1n) is 8.72. The summed E-state index contributed by atoms with van der Waals surface area (Å²) in [6.07, 6.45) is -3.07. The third-order valence-corrected chi connectivity index (χ3v) is 5.43. The summed E-state index contributed by atoms with van der Waals surface area (Å²) >= 11 is 1.31. The number of thiazole rings is 1. The molecule has 1 N–H and O–H groups in total. The molecule has 0 spiro atoms. The lowest BCUT2D eigenvalue weighted by Gasteiger charge is -2.38. The number of nitrogens with zero attached hydrogens (tertiary/aromatic N) is 4. The highest BCUT2D eigenvalue weighted by atomic mass is 32.1. The summed E-state index contributed by atoms with van der Waals surface area (Å²) in [5.41, 5.74) is -1.50. The lowest BCUT2D eigenvalue weighted by atomic mass is 10.1. The van der Waals surface area contributed by atoms with Gasteiger partial charge in [0.25, 0.3) is 5.69 Å². The number of benzene rings is 1. The molecule has 3 rings (SSSR count). The predicted molar refractivity (Wildman–Crippen MR) is 102 cm³/mol. The van der Waals surface area contributed by atoms with Crippen LogP contribution in [-0.2, 0) is 11.0 Å². The summed E-state index contributed by atoms with van der Waals surface area (Å²) in [6.45, 7) is 3.32. The van der Waals surface area contributed by atoms with Crippen LogP contribution in [0.2, 0.25) is 0 Å². The molecule has 1 atom stereocenters. The number of alkyl halides is 3. The first-order valence-corrected chi connectivity index (χ1v) is 9.60. The maximum absolute atomic E-state index is 12.9. The van der Waals surface area contributed by atoms with Crippen LogP contribution in [0.25, 0.3) is 0 Å². The SMILES string of the molecule is CC(C(=O)Nc1nccs1)N1CCN(c2ccc(C(F)(F)F)cc2[N+](=O)[O-])CC1. The van der Waals surface area contributed by atoms with Gasteiger partial charge in [-0.25, -0.2) is 4.98 Å². The second-order valence-electron chi connectivity index (χ2n) is 6.48. The second-order valence-corrected chi connectivity index (χ2v) is 7.38. The lowest BCUT2D eigenvalue weighted by molar-refractivity contribution is -0.384. The minimum atomic E-state index is -4.65. The maximum Gasteiger partial charge on any atom is 0.416 e. The van der Waals surface area contributed by atoms with E-state index in [1.807, 2.05) is 4.90 Å². The molecule has 0 saturated carbocycles. The van der Waals surface area contributed by atoms with Crippen molar-refractivity contribution in [3.05, 3.63) is 45.5 Å². The zero-order chi connectivity index (χ0) is 21.2. The van der Waals surface area contributed by atoms with E-state index < -0.39 is 28.4 Å². The van der Waals surface area contributed by atoms with E-state index in [1.54, 1.807) is 23.4 Å². The normalized spacial score (nSPS) is 16.5. The largest absolute Gasteiger partial charge is 0.416 e. The molecule has 1 aromatic carbocycles. The minimum absolute atomic E-state index is 0.141. The average Bonchev–Trinajstić information content (AvgIpc) is 3.19. The van der Waals surface area contributed by atoms with Gasteiger partial charge in [0.2, 0.25) is 5.91 Å². The summed E-state index contributed by atoms with van der Waals surface area (Å²) in [4.78, 5) is 30.4. The van der Waals surface area contributed by atoms with Gasteiger partial charge in [0.05, 0.1) is 16.5 Å². The Bertz CT molecular complexity index is 883. The van der Waals surface area contributed by atoms with Gasteiger partial charge >= 0.3 is 6.18 Å². The fourth-order valence-electron chi connectivity index (χ4n) is 3.12. The number of halogens is 3. The topological polar surface area (TPSA) is 91.6 Å². The molecule has 1 aliphatic heterocycles. The first kappa shape index (κ1) is 21.0. The van der Waals surface area contributed by atoms with Crippen LogP contribution >= 0.6 is 11.3 Å². The molecule has 1 fully saturated rings. The highest BCUT2D eigenvalue weighted by Crippen LogP contribution is 2.36. The van der Waals surface area contributed by atoms with Crippen LogP contribution in [0, 0.1) is 10.1 Å². The Labute approximate surface area is 168 Å². The Kier molecular flexibility index (Phi) is 6.03. The van der Waals surface area contributed by atoms with Gasteiger partial charge in [-0.1, -0.05) is 0 Å². The van der Waals surface area contributed by atoms with Crippen molar-refractivity contribution >= 4 is 33.8 Å². The Balaban J connectivity index is 1.67. The number of nitro groups is 1. The van der Waals surface area contributed by atoms with Crippen LogP contribution in [0.3, 0.4) is 0 Å². The van der Waals surface area contributed by atoms with Crippen LogP contribution in [0.4, 0.5) is 29.7 Å². The molecular formula is C17H18F3N5O3S. The molecule has 1 aliphatic rings. The molecule has 29 heavy (non-hydrogen) atoms. The number of carbonyl (C=O) groups is 1. The van der Waals surface area contributed by atoms with Gasteiger partial charge in [0, 0.05) is 43.8 Å². The number of amides is 1. The second kappa shape index (κ2) is 8.33. The standard InChI is InChI=1S/C17H18F3N5O3S/c1-11(15(26)22-16-21-4-9-29-16)23-5-7-24(8-6-23)13-3-2-12(17(18,19)20)10-14(13)25(27)28/h2-4,9-11H,5-8H2,1H3,(H,21,22,26). The lowest BCUT2D eigenvalue weighted by Crippen LogP contribution is -2.53. The number of hydrogen-bond donors (Lipinski definition) is 1. The van der Waals surface area contributed by atoms with Gasteiger partial charge in [-0.3, -0.25) is 19.8 Å². The van der Waals surface area contributed by atoms with Crippen molar-refractivity contribution in [2.45, 2.75) is 19.1 Å². The zero-order valence-corrected chi connectivity index (χ0v) is 16.2. The fourth-order valence-corrected chi connectivity index (χ4v) is 3.66. The molecule has 1 aromatic heterocycles. The molecule has 12 heteroatoms. The van der Waals surface area contributed by atoms with Crippen molar-refractivity contribution in [3.8, 4) is 0 Å². The van der Waals surface area contributed by atoms with Crippen LogP contribution < -0.4 is 10.2 Å². The summed E-state index contributed by atoms with van der Waals surface area (Å²) in [5.74, 6) is -0.214. The van der Waals surface area contributed by atoms with Gasteiger partial charge in [0.15, 0.2) is 5.13 Å². The number of rotatable bonds is 5. The van der Waals surface area contributed by atoms with E-state index in [0.717, 1.165) is 12.1 Å². The van der Waals surface area contributed by atoms with Gasteiger partial charge in [-0.05, 0) is 19.1 Å². The van der Waals surface area contributed by atoms with E-state index in [1.165, 1.54) is 11.3 Å². The van der Waals surface area contributed by atoms with Crippen molar-refractivity contribution in [2.75, 3.05) is 36.4 Å². The molecule has 1 unspecified atom stereocenters. The number of nitrogens with one attached hydrogen (secondary N) is 1. The van der Waals surface area contributed by atoms with E-state index in [0.29, 0.717) is 37.4 Å². The highest BCUT2D eigenvalue weighted by molar-refractivity contribution is 7.13. The zero-order valence-electron chi connectivity index (χ0n) is 15.3. The number of nitro benzene ring substituents is 1. The van der Waals surface area contributed by atoms with E-state index >= 15 is 0 Å². The Morgan fingerprint density at radius 3 is 2.55 bits per heavy atom. The van der Waals surface area contributed by atoms with Crippen LogP contribution in [-0.4, -0.2) is 52.9 Å². The summed E-state index contributed by atoms with van der Waals surface area (Å²) in [5, 5.41) is 16.3. The van der Waals surface area contributed by atoms with E-state index in [-0.39, 0.29) is 11.6 Å². The van der Waals surface area contributed by atoms with Crippen molar-refractivity contribution in [1.29, 1.82) is 0 Å². The number of hydrogen-bond acceptors (Lipinski definition) is 7. The molecular weight excluding hydrogens is 411 g/mol. The van der Waals surface area contributed by atoms with Gasteiger partial charge < -0.3 is 10.2 Å². The quantitative estimate of drug-likeness (QED) is 0.580. The minimum Gasteiger partial charge on any atom is -0.363 e. The van der Waals surface area contributed by atoms with Gasteiger partial charge in [-0.2, -0.15) is 13.2 Å². The number of piperazine rings is 1. The Morgan fingerprint density at radius 1 is 1.31 bits per heavy atom. The molecule has 0 radical (unpaired) electrons. The molecule has 0 aliphatic carbocycles. The van der Waals surface area contributed by atoms with Crippen molar-refractivity contribution in [2.24, 2.45) is 0 Å². The summed E-state index contributed by atoms with van der Waals surface area (Å²) in [6, 6.07) is 2.10. The average molecular weight is 429 g/mol. The number of aromatic nitrogens is 1. The maximum atomic E-state index is 12.9. The van der Waals surface area contributed by atoms with Gasteiger partial charge in [-0.15, -0.1) is 11.3 Å². The third-order valence-electron chi connectivity index (χ3n) is 4.74. The molecule has 1 saturated heterocycles. The van der Waals surface area contributed by atoms with Crippen LogP contribution in [0.5, 0.6) is 0 Å². The van der Waals surface area contributed by atoms with Crippen LogP contribution in [0.1, 0.15) is 12.5 Å². The van der Waals surface area contributed by atoms with Crippen molar-refractivity contribution in [3.63, 3.8) is 0 Å². The predicted octanol–water partition coefficient (Wildman–Crippen LogP) is 3.22. The highest BCUT2D eigenvalue weighted by Gasteiger charge is 2.34. The monoisotopic (exact) mass is 429 g/mol. The first-order chi connectivity index (χ1) is 13.7.